The number of anilines is 1. The molecule has 0 amide bonds. The Labute approximate surface area is 150 Å². The van der Waals surface area contributed by atoms with Crippen LogP contribution in [0.15, 0.2) is 47.1 Å². The van der Waals surface area contributed by atoms with Crippen LogP contribution in [0.4, 0.5) is 5.69 Å². The number of nitrogens with zero attached hydrogens (tertiary/aromatic N) is 3. The molecular weight excluding hydrogens is 338 g/mol. The average molecular weight is 355 g/mol. The van der Waals surface area contributed by atoms with Crippen LogP contribution < -0.4 is 15.4 Å². The lowest BCUT2D eigenvalue weighted by Gasteiger charge is -2.08. The van der Waals surface area contributed by atoms with Crippen LogP contribution in [0.5, 0.6) is 5.88 Å². The van der Waals surface area contributed by atoms with Crippen molar-refractivity contribution in [2.75, 3.05) is 12.4 Å². The Morgan fingerprint density at radius 2 is 2.08 bits per heavy atom. The highest BCUT2D eigenvalue weighted by Crippen LogP contribution is 2.19. The summed E-state index contributed by atoms with van der Waals surface area (Å²) in [7, 11) is 1.57. The molecule has 0 radical (unpaired) electrons. The summed E-state index contributed by atoms with van der Waals surface area (Å²) in [6.45, 7) is 2.33. The summed E-state index contributed by atoms with van der Waals surface area (Å²) in [6, 6.07) is 11.4. The summed E-state index contributed by atoms with van der Waals surface area (Å²) < 4.78 is 10.3. The summed E-state index contributed by atoms with van der Waals surface area (Å²) >= 11 is 5.25. The summed E-state index contributed by atoms with van der Waals surface area (Å²) in [5, 5.41) is 10.5. The van der Waals surface area contributed by atoms with Crippen molar-refractivity contribution >= 4 is 23.0 Å². The van der Waals surface area contributed by atoms with E-state index in [1.807, 2.05) is 37.3 Å². The predicted octanol–water partition coefficient (Wildman–Crippen LogP) is 2.94. The van der Waals surface area contributed by atoms with Crippen LogP contribution in [-0.4, -0.2) is 27.3 Å². The third-order valence-electron chi connectivity index (χ3n) is 3.46. The van der Waals surface area contributed by atoms with E-state index in [2.05, 4.69) is 25.8 Å². The number of hydrogen-bond donors (Lipinski definition) is 2. The van der Waals surface area contributed by atoms with Gasteiger partial charge in [-0.15, -0.1) is 0 Å². The van der Waals surface area contributed by atoms with Crippen molar-refractivity contribution in [2.45, 2.75) is 13.5 Å². The second-order valence-electron chi connectivity index (χ2n) is 5.22. The molecule has 0 fully saturated rings. The van der Waals surface area contributed by atoms with Crippen LogP contribution in [0.1, 0.15) is 11.5 Å². The molecule has 0 aliphatic heterocycles. The quantitative estimate of drug-likeness (QED) is 0.676. The molecule has 2 N–H and O–H groups in total. The van der Waals surface area contributed by atoms with Gasteiger partial charge < -0.3 is 19.9 Å². The number of hydrogen-bond acceptors (Lipinski definition) is 6. The zero-order valence-corrected chi connectivity index (χ0v) is 14.6. The summed E-state index contributed by atoms with van der Waals surface area (Å²) in [5.41, 5.74) is 2.79. The van der Waals surface area contributed by atoms with E-state index in [9.17, 15) is 0 Å². The molecule has 0 saturated carbocycles. The molecule has 3 aromatic rings. The van der Waals surface area contributed by atoms with E-state index in [-0.39, 0.29) is 0 Å². The predicted molar refractivity (Wildman–Crippen MR) is 98.3 cm³/mol. The third-order valence-corrected chi connectivity index (χ3v) is 3.70. The molecular formula is C17H17N5O2S. The fourth-order valence-corrected chi connectivity index (χ4v) is 2.36. The molecule has 2 heterocycles. The lowest BCUT2D eigenvalue weighted by molar-refractivity contribution is 0.376. The van der Waals surface area contributed by atoms with Crippen molar-refractivity contribution in [3.05, 3.63) is 54.0 Å². The number of aryl methyl sites for hydroxylation is 1. The van der Waals surface area contributed by atoms with Crippen molar-refractivity contribution in [1.29, 1.82) is 0 Å². The lowest BCUT2D eigenvalue weighted by atomic mass is 10.1. The molecule has 0 bridgehead atoms. The fourth-order valence-electron chi connectivity index (χ4n) is 2.17. The zero-order chi connectivity index (χ0) is 17.6. The minimum absolute atomic E-state index is 0.328. The van der Waals surface area contributed by atoms with Crippen molar-refractivity contribution in [3.63, 3.8) is 0 Å². The van der Waals surface area contributed by atoms with Gasteiger partial charge in [0.1, 0.15) is 0 Å². The first kappa shape index (κ1) is 16.8. The van der Waals surface area contributed by atoms with Gasteiger partial charge in [-0.05, 0) is 30.8 Å². The molecule has 0 aliphatic rings. The maximum absolute atomic E-state index is 5.27. The van der Waals surface area contributed by atoms with Crippen molar-refractivity contribution in [2.24, 2.45) is 0 Å². The number of ether oxygens (including phenoxy) is 1. The average Bonchev–Trinajstić information content (AvgIpc) is 3.10. The molecule has 0 aliphatic carbocycles. The van der Waals surface area contributed by atoms with Gasteiger partial charge >= 0.3 is 0 Å². The largest absolute Gasteiger partial charge is 0.481 e. The van der Waals surface area contributed by atoms with Gasteiger partial charge in [0.25, 0.3) is 0 Å². The number of benzene rings is 1. The van der Waals surface area contributed by atoms with Crippen LogP contribution in [0.25, 0.3) is 11.4 Å². The van der Waals surface area contributed by atoms with Gasteiger partial charge in [0.05, 0.1) is 25.5 Å². The number of rotatable bonds is 5. The van der Waals surface area contributed by atoms with Crippen molar-refractivity contribution in [3.8, 4) is 17.3 Å². The van der Waals surface area contributed by atoms with Gasteiger partial charge in [-0.3, -0.25) is 0 Å². The first-order valence-corrected chi connectivity index (χ1v) is 8.00. The second-order valence-corrected chi connectivity index (χ2v) is 5.63. The van der Waals surface area contributed by atoms with Gasteiger partial charge in [0.15, 0.2) is 5.11 Å². The monoisotopic (exact) mass is 355 g/mol. The molecule has 0 unspecified atom stereocenters. The standard InChI is InChI=1S/C17H17N5O2S/c1-11-5-3-4-6-13(11)16-21-15(24-22-16)10-19-17(25)20-12-7-8-14(23-2)18-9-12/h3-9H,10H2,1-2H3,(H2,19,20,25). The molecule has 25 heavy (non-hydrogen) atoms. The van der Waals surface area contributed by atoms with Crippen molar-refractivity contribution < 1.29 is 9.26 Å². The molecule has 8 heteroatoms. The van der Waals surface area contributed by atoms with Gasteiger partial charge in [-0.25, -0.2) is 4.98 Å². The topological polar surface area (TPSA) is 85.1 Å². The Morgan fingerprint density at radius 3 is 2.80 bits per heavy atom. The van der Waals surface area contributed by atoms with Gasteiger partial charge in [-0.1, -0.05) is 29.4 Å². The second kappa shape index (κ2) is 7.71. The van der Waals surface area contributed by atoms with E-state index in [4.69, 9.17) is 21.5 Å². The number of thiocarbonyl (C=S) groups is 1. The number of pyridine rings is 1. The summed E-state index contributed by atoms with van der Waals surface area (Å²) in [5.74, 6) is 1.56. The smallest absolute Gasteiger partial charge is 0.246 e. The van der Waals surface area contributed by atoms with E-state index in [1.54, 1.807) is 19.4 Å². The zero-order valence-electron chi connectivity index (χ0n) is 13.8. The lowest BCUT2D eigenvalue weighted by Crippen LogP contribution is -2.28. The Hall–Kier alpha value is -3.00. The van der Waals surface area contributed by atoms with Crippen LogP contribution in [0.3, 0.4) is 0 Å². The van der Waals surface area contributed by atoms with E-state index in [1.165, 1.54) is 0 Å². The van der Waals surface area contributed by atoms with Crippen LogP contribution in [-0.2, 0) is 6.54 Å². The minimum Gasteiger partial charge on any atom is -0.481 e. The molecule has 2 aromatic heterocycles. The molecule has 0 spiro atoms. The normalized spacial score (nSPS) is 10.3. The first-order valence-electron chi connectivity index (χ1n) is 7.59. The van der Waals surface area contributed by atoms with E-state index in [0.717, 1.165) is 16.8 Å². The van der Waals surface area contributed by atoms with Gasteiger partial charge in [0.2, 0.25) is 17.6 Å². The van der Waals surface area contributed by atoms with Crippen LogP contribution in [0, 0.1) is 6.92 Å². The molecule has 0 atom stereocenters. The maximum Gasteiger partial charge on any atom is 0.246 e. The highest BCUT2D eigenvalue weighted by molar-refractivity contribution is 7.80. The van der Waals surface area contributed by atoms with E-state index in [0.29, 0.717) is 29.3 Å². The van der Waals surface area contributed by atoms with Crippen LogP contribution >= 0.6 is 12.2 Å². The van der Waals surface area contributed by atoms with Gasteiger partial charge in [-0.2, -0.15) is 4.98 Å². The van der Waals surface area contributed by atoms with E-state index >= 15 is 0 Å². The fraction of sp³-hybridized carbons (Fsp3) is 0.176. The molecule has 0 saturated heterocycles. The maximum atomic E-state index is 5.27. The SMILES string of the molecule is COc1ccc(NC(=S)NCc2nc(-c3ccccc3C)no2)cn1. The number of methoxy groups -OCH3 is 1. The molecule has 128 valence electrons. The number of nitrogens with one attached hydrogen (secondary N) is 2. The first-order chi connectivity index (χ1) is 12.2. The molecule has 1 aromatic carbocycles. The molecule has 3 rings (SSSR count). The molecule has 7 nitrogen and oxygen atoms in total. The Balaban J connectivity index is 1.56. The summed E-state index contributed by atoms with van der Waals surface area (Å²) in [4.78, 5) is 8.49. The van der Waals surface area contributed by atoms with E-state index < -0.39 is 0 Å². The summed E-state index contributed by atoms with van der Waals surface area (Å²) in [6.07, 6.45) is 1.63. The van der Waals surface area contributed by atoms with Crippen molar-refractivity contribution in [1.82, 2.24) is 20.4 Å². The highest BCUT2D eigenvalue weighted by Gasteiger charge is 2.10. The highest BCUT2D eigenvalue weighted by atomic mass is 32.1. The Kier molecular flexibility index (Phi) is 5.20. The third kappa shape index (κ3) is 4.30. The Morgan fingerprint density at radius 1 is 1.24 bits per heavy atom. The minimum atomic E-state index is 0.328. The Bertz CT molecular complexity index is 863. The van der Waals surface area contributed by atoms with Crippen LogP contribution in [0.2, 0.25) is 0 Å². The number of aromatic nitrogens is 3. The van der Waals surface area contributed by atoms with Gasteiger partial charge in [0, 0.05) is 11.6 Å².